The van der Waals surface area contributed by atoms with Crippen LogP contribution in [0.25, 0.3) is 21.8 Å². The Labute approximate surface area is 165 Å². The molecule has 2 saturated heterocycles. The molecule has 3 aromatic rings. The van der Waals surface area contributed by atoms with E-state index in [-0.39, 0.29) is 0 Å². The molecule has 0 amide bonds. The fourth-order valence-corrected chi connectivity index (χ4v) is 5.27. The molecule has 2 aliphatic heterocycles. The van der Waals surface area contributed by atoms with Gasteiger partial charge in [-0.15, -0.1) is 0 Å². The zero-order valence-corrected chi connectivity index (χ0v) is 16.4. The molecule has 4 heteroatoms. The van der Waals surface area contributed by atoms with Crippen molar-refractivity contribution in [1.29, 1.82) is 0 Å². The standard InChI is InChI=1S/C23H26ClN3/c24-17-10-11-19-21(14-17)26-20-8-2-1-7-18(20)23(19)25-15-16-6-5-13-27-12-4-3-9-22(16)27/h1-2,7-8,10-11,14,16,22H,3-6,9,12-13,15H2,(H,25,26)/t16-,22+/m0/s1. The minimum atomic E-state index is 0.730. The zero-order chi connectivity index (χ0) is 18.2. The Bertz CT molecular complexity index is 968. The highest BCUT2D eigenvalue weighted by molar-refractivity contribution is 6.31. The number of rotatable bonds is 3. The number of fused-ring (bicyclic) bond motifs is 3. The third kappa shape index (κ3) is 3.28. The number of hydrogen-bond donors (Lipinski definition) is 1. The number of halogens is 1. The van der Waals surface area contributed by atoms with Gasteiger partial charge < -0.3 is 10.2 Å². The normalized spacial score (nSPS) is 23.4. The van der Waals surface area contributed by atoms with Crippen LogP contribution in [0.3, 0.4) is 0 Å². The summed E-state index contributed by atoms with van der Waals surface area (Å²) < 4.78 is 0. The molecule has 2 atom stereocenters. The molecule has 2 fully saturated rings. The quantitative estimate of drug-likeness (QED) is 0.590. The van der Waals surface area contributed by atoms with Crippen LogP contribution in [-0.4, -0.2) is 35.6 Å². The molecule has 0 bridgehead atoms. The van der Waals surface area contributed by atoms with Crippen LogP contribution < -0.4 is 5.32 Å². The summed E-state index contributed by atoms with van der Waals surface area (Å²) in [6, 6.07) is 15.2. The van der Waals surface area contributed by atoms with Crippen LogP contribution in [0.15, 0.2) is 42.5 Å². The summed E-state index contributed by atoms with van der Waals surface area (Å²) in [5, 5.41) is 6.94. The van der Waals surface area contributed by atoms with E-state index in [4.69, 9.17) is 16.6 Å². The molecule has 0 saturated carbocycles. The van der Waals surface area contributed by atoms with Gasteiger partial charge in [0.05, 0.1) is 16.7 Å². The number of nitrogens with one attached hydrogen (secondary N) is 1. The highest BCUT2D eigenvalue weighted by Gasteiger charge is 2.32. The number of anilines is 1. The third-order valence-corrected chi connectivity index (χ3v) is 6.65. The van der Waals surface area contributed by atoms with Gasteiger partial charge >= 0.3 is 0 Å². The second kappa shape index (κ2) is 7.29. The molecule has 2 aromatic carbocycles. The van der Waals surface area contributed by atoms with Gasteiger partial charge in [-0.3, -0.25) is 0 Å². The van der Waals surface area contributed by atoms with E-state index in [0.717, 1.165) is 39.9 Å². The number of aromatic nitrogens is 1. The predicted molar refractivity (Wildman–Crippen MR) is 115 cm³/mol. The van der Waals surface area contributed by atoms with E-state index in [0.29, 0.717) is 0 Å². The SMILES string of the molecule is Clc1ccc2c(NC[C@@H]3CCCN4CCCC[C@H]34)c3ccccc3nc2c1. The number of hydrogen-bond acceptors (Lipinski definition) is 3. The summed E-state index contributed by atoms with van der Waals surface area (Å²) in [5.41, 5.74) is 3.20. The monoisotopic (exact) mass is 379 g/mol. The predicted octanol–water partition coefficient (Wildman–Crippen LogP) is 5.72. The van der Waals surface area contributed by atoms with Crippen LogP contribution >= 0.6 is 11.6 Å². The van der Waals surface area contributed by atoms with Gasteiger partial charge in [-0.05, 0) is 69.0 Å². The molecule has 0 unspecified atom stereocenters. The second-order valence-corrected chi connectivity index (χ2v) is 8.48. The Morgan fingerprint density at radius 2 is 1.81 bits per heavy atom. The van der Waals surface area contributed by atoms with Crippen molar-refractivity contribution in [3.63, 3.8) is 0 Å². The van der Waals surface area contributed by atoms with E-state index < -0.39 is 0 Å². The summed E-state index contributed by atoms with van der Waals surface area (Å²) in [7, 11) is 0. The van der Waals surface area contributed by atoms with Crippen LogP contribution in [-0.2, 0) is 0 Å². The van der Waals surface area contributed by atoms with E-state index in [2.05, 4.69) is 40.5 Å². The summed E-state index contributed by atoms with van der Waals surface area (Å²) in [6.07, 6.45) is 6.78. The minimum Gasteiger partial charge on any atom is -0.384 e. The number of benzene rings is 2. The Hall–Kier alpha value is -1.84. The lowest BCUT2D eigenvalue weighted by Crippen LogP contribution is -2.49. The van der Waals surface area contributed by atoms with Gasteiger partial charge in [-0.1, -0.05) is 36.2 Å². The summed E-state index contributed by atoms with van der Waals surface area (Å²) in [6.45, 7) is 3.62. The lowest BCUT2D eigenvalue weighted by molar-refractivity contribution is 0.0649. The first-order chi connectivity index (χ1) is 13.3. The summed E-state index contributed by atoms with van der Waals surface area (Å²) in [4.78, 5) is 7.56. The van der Waals surface area contributed by atoms with Crippen LogP contribution in [0, 0.1) is 5.92 Å². The fraction of sp³-hybridized carbons (Fsp3) is 0.435. The average molecular weight is 380 g/mol. The summed E-state index contributed by atoms with van der Waals surface area (Å²) in [5.74, 6) is 0.730. The zero-order valence-electron chi connectivity index (χ0n) is 15.6. The maximum atomic E-state index is 6.23. The van der Waals surface area contributed by atoms with E-state index in [1.165, 1.54) is 56.3 Å². The first kappa shape index (κ1) is 17.3. The van der Waals surface area contributed by atoms with Crippen molar-refractivity contribution >= 4 is 39.1 Å². The van der Waals surface area contributed by atoms with Crippen LogP contribution in [0.5, 0.6) is 0 Å². The van der Waals surface area contributed by atoms with E-state index in [9.17, 15) is 0 Å². The topological polar surface area (TPSA) is 28.2 Å². The van der Waals surface area contributed by atoms with Gasteiger partial charge in [0.15, 0.2) is 0 Å². The molecule has 2 aliphatic rings. The highest BCUT2D eigenvalue weighted by Crippen LogP contribution is 2.35. The molecule has 27 heavy (non-hydrogen) atoms. The smallest absolute Gasteiger partial charge is 0.0745 e. The molecule has 0 radical (unpaired) electrons. The Morgan fingerprint density at radius 3 is 2.78 bits per heavy atom. The van der Waals surface area contributed by atoms with Gasteiger partial charge in [0.25, 0.3) is 0 Å². The molecule has 140 valence electrons. The van der Waals surface area contributed by atoms with Crippen molar-refractivity contribution in [3.8, 4) is 0 Å². The second-order valence-electron chi connectivity index (χ2n) is 8.05. The van der Waals surface area contributed by atoms with Gasteiger partial charge in [0, 0.05) is 28.4 Å². The van der Waals surface area contributed by atoms with Gasteiger partial charge in [-0.25, -0.2) is 4.98 Å². The van der Waals surface area contributed by atoms with Gasteiger partial charge in [-0.2, -0.15) is 0 Å². The molecule has 3 nitrogen and oxygen atoms in total. The van der Waals surface area contributed by atoms with Gasteiger partial charge in [0.1, 0.15) is 0 Å². The first-order valence-electron chi connectivity index (χ1n) is 10.3. The van der Waals surface area contributed by atoms with E-state index in [1.54, 1.807) is 0 Å². The average Bonchev–Trinajstić information content (AvgIpc) is 2.71. The summed E-state index contributed by atoms with van der Waals surface area (Å²) >= 11 is 6.23. The Morgan fingerprint density at radius 1 is 0.963 bits per heavy atom. The number of para-hydroxylation sites is 1. The Balaban J connectivity index is 1.49. The number of pyridine rings is 1. The maximum absolute atomic E-state index is 6.23. The molecule has 1 N–H and O–H groups in total. The lowest BCUT2D eigenvalue weighted by atomic mass is 9.83. The van der Waals surface area contributed by atoms with Crippen molar-refractivity contribution in [1.82, 2.24) is 9.88 Å². The van der Waals surface area contributed by atoms with Crippen molar-refractivity contribution in [3.05, 3.63) is 47.5 Å². The Kier molecular flexibility index (Phi) is 4.66. The van der Waals surface area contributed by atoms with Crippen LogP contribution in [0.4, 0.5) is 5.69 Å². The molecule has 0 spiro atoms. The van der Waals surface area contributed by atoms with Gasteiger partial charge in [0.2, 0.25) is 0 Å². The van der Waals surface area contributed by atoms with E-state index >= 15 is 0 Å². The molecule has 3 heterocycles. The first-order valence-corrected chi connectivity index (χ1v) is 10.6. The molecule has 5 rings (SSSR count). The minimum absolute atomic E-state index is 0.730. The van der Waals surface area contributed by atoms with E-state index in [1.807, 2.05) is 12.1 Å². The lowest BCUT2D eigenvalue weighted by Gasteiger charge is -2.44. The van der Waals surface area contributed by atoms with Crippen LogP contribution in [0.2, 0.25) is 5.02 Å². The highest BCUT2D eigenvalue weighted by atomic mass is 35.5. The van der Waals surface area contributed by atoms with Crippen molar-refractivity contribution < 1.29 is 0 Å². The maximum Gasteiger partial charge on any atom is 0.0745 e. The largest absolute Gasteiger partial charge is 0.384 e. The fourth-order valence-electron chi connectivity index (χ4n) is 5.10. The van der Waals surface area contributed by atoms with Crippen molar-refractivity contribution in [2.75, 3.05) is 25.0 Å². The van der Waals surface area contributed by atoms with Crippen molar-refractivity contribution in [2.24, 2.45) is 5.92 Å². The van der Waals surface area contributed by atoms with Crippen LogP contribution in [0.1, 0.15) is 32.1 Å². The molecule has 0 aliphatic carbocycles. The molecular formula is C23H26ClN3. The molecular weight excluding hydrogens is 354 g/mol. The third-order valence-electron chi connectivity index (χ3n) is 6.41. The molecule has 1 aromatic heterocycles. The number of nitrogens with zero attached hydrogens (tertiary/aromatic N) is 2. The van der Waals surface area contributed by atoms with Crippen molar-refractivity contribution in [2.45, 2.75) is 38.1 Å². The number of piperidine rings is 2.